The van der Waals surface area contributed by atoms with Crippen molar-refractivity contribution in [3.05, 3.63) is 0 Å². The van der Waals surface area contributed by atoms with Crippen LogP contribution in [0.5, 0.6) is 0 Å². The monoisotopic (exact) mass is 180 g/mol. The molecule has 0 aliphatic heterocycles. The molecule has 2 heteroatoms. The summed E-state index contributed by atoms with van der Waals surface area (Å²) in [5.74, 6) is 2.35. The summed E-state index contributed by atoms with van der Waals surface area (Å²) < 4.78 is 0. The van der Waals surface area contributed by atoms with E-state index < -0.39 is 5.97 Å². The Balaban J connectivity index is 1.89. The average molecular weight is 180 g/mol. The zero-order chi connectivity index (χ0) is 9.00. The van der Waals surface area contributed by atoms with Gasteiger partial charge in [-0.3, -0.25) is 4.79 Å². The predicted octanol–water partition coefficient (Wildman–Crippen LogP) is 2.14. The minimum Gasteiger partial charge on any atom is -0.481 e. The van der Waals surface area contributed by atoms with E-state index in [1.807, 2.05) is 0 Å². The Hall–Kier alpha value is -0.530. The molecular formula is C11H16O2. The molecule has 0 aromatic carbocycles. The molecule has 72 valence electrons. The molecule has 0 aromatic rings. The topological polar surface area (TPSA) is 37.3 Å². The highest BCUT2D eigenvalue weighted by molar-refractivity contribution is 5.71. The Morgan fingerprint density at radius 1 is 0.923 bits per heavy atom. The first-order valence-electron chi connectivity index (χ1n) is 5.47. The zero-order valence-electron chi connectivity index (χ0n) is 7.78. The van der Waals surface area contributed by atoms with Crippen LogP contribution < -0.4 is 0 Å². The Labute approximate surface area is 78.3 Å². The maximum absolute atomic E-state index is 11.1. The largest absolute Gasteiger partial charge is 0.481 e. The molecule has 0 saturated heterocycles. The van der Waals surface area contributed by atoms with Gasteiger partial charge in [0.1, 0.15) is 0 Å². The number of rotatable bonds is 1. The van der Waals surface area contributed by atoms with Crippen molar-refractivity contribution in [3.8, 4) is 0 Å². The van der Waals surface area contributed by atoms with Gasteiger partial charge in [-0.2, -0.15) is 0 Å². The Kier molecular flexibility index (Phi) is 1.50. The van der Waals surface area contributed by atoms with Crippen LogP contribution in [0.3, 0.4) is 0 Å². The molecule has 4 fully saturated rings. The van der Waals surface area contributed by atoms with E-state index in [1.54, 1.807) is 0 Å². The van der Waals surface area contributed by atoms with Crippen molar-refractivity contribution < 1.29 is 9.90 Å². The number of carbonyl (C=O) groups is 1. The summed E-state index contributed by atoms with van der Waals surface area (Å²) in [4.78, 5) is 11.1. The first-order valence-corrected chi connectivity index (χ1v) is 5.47. The lowest BCUT2D eigenvalue weighted by Crippen LogP contribution is -2.47. The maximum Gasteiger partial charge on any atom is 0.307 e. The first kappa shape index (κ1) is 7.84. The van der Waals surface area contributed by atoms with E-state index in [4.69, 9.17) is 5.11 Å². The van der Waals surface area contributed by atoms with Crippen LogP contribution >= 0.6 is 0 Å². The molecule has 4 aliphatic rings. The molecule has 0 aromatic heterocycles. The van der Waals surface area contributed by atoms with Gasteiger partial charge in [0, 0.05) is 0 Å². The number of carboxylic acids is 1. The van der Waals surface area contributed by atoms with E-state index in [1.165, 1.54) is 32.1 Å². The first-order chi connectivity index (χ1) is 6.24. The second kappa shape index (κ2) is 2.49. The van der Waals surface area contributed by atoms with E-state index >= 15 is 0 Å². The normalized spacial score (nSPS) is 52.5. The van der Waals surface area contributed by atoms with Crippen LogP contribution in [0.4, 0.5) is 0 Å². The molecular weight excluding hydrogens is 164 g/mol. The lowest BCUT2D eigenvalue weighted by atomic mass is 9.52. The third-order valence-electron chi connectivity index (χ3n) is 4.51. The minimum absolute atomic E-state index is 0.0211. The molecule has 13 heavy (non-hydrogen) atoms. The maximum atomic E-state index is 11.1. The predicted molar refractivity (Wildman–Crippen MR) is 48.2 cm³/mol. The van der Waals surface area contributed by atoms with Gasteiger partial charge in [0.25, 0.3) is 0 Å². The van der Waals surface area contributed by atoms with Crippen LogP contribution in [0, 0.1) is 29.6 Å². The molecule has 4 aliphatic carbocycles. The molecule has 0 amide bonds. The summed E-state index contributed by atoms with van der Waals surface area (Å²) in [6.45, 7) is 0. The lowest BCUT2D eigenvalue weighted by molar-refractivity contribution is -0.155. The second-order valence-electron chi connectivity index (χ2n) is 5.29. The fourth-order valence-electron chi connectivity index (χ4n) is 4.33. The average Bonchev–Trinajstić information content (AvgIpc) is 2.00. The van der Waals surface area contributed by atoms with Gasteiger partial charge in [-0.25, -0.2) is 0 Å². The Morgan fingerprint density at radius 2 is 1.38 bits per heavy atom. The van der Waals surface area contributed by atoms with Crippen molar-refractivity contribution in [3.63, 3.8) is 0 Å². The molecule has 2 nitrogen and oxygen atoms in total. The van der Waals surface area contributed by atoms with Crippen LogP contribution in [0.25, 0.3) is 0 Å². The number of aliphatic carboxylic acids is 1. The summed E-state index contributed by atoms with van der Waals surface area (Å²) in [5.41, 5.74) is 0. The van der Waals surface area contributed by atoms with E-state index in [0.29, 0.717) is 11.8 Å². The summed E-state index contributed by atoms with van der Waals surface area (Å²) in [6, 6.07) is 0. The third-order valence-corrected chi connectivity index (χ3v) is 4.51. The van der Waals surface area contributed by atoms with Crippen LogP contribution in [-0.4, -0.2) is 11.1 Å². The van der Waals surface area contributed by atoms with Gasteiger partial charge in [0.2, 0.25) is 0 Å². The number of hydrogen-bond acceptors (Lipinski definition) is 1. The van der Waals surface area contributed by atoms with Gasteiger partial charge < -0.3 is 5.11 Å². The molecule has 4 rings (SSSR count). The van der Waals surface area contributed by atoms with E-state index in [9.17, 15) is 4.79 Å². The molecule has 0 unspecified atom stereocenters. The lowest BCUT2D eigenvalue weighted by Gasteiger charge is -2.52. The highest BCUT2D eigenvalue weighted by Gasteiger charge is 2.50. The molecule has 1 N–H and O–H groups in total. The summed E-state index contributed by atoms with van der Waals surface area (Å²) in [5, 5.41) is 9.15. The standard InChI is InChI=1S/C11H16O2/c12-11(13)10-8-2-6-1-7(4-8)5-9(10)3-6/h6-10H,1-5H2,(H,12,13). The molecule has 0 atom stereocenters. The smallest absolute Gasteiger partial charge is 0.307 e. The third kappa shape index (κ3) is 1.04. The number of carboxylic acid groups (broad SMARTS) is 1. The SMILES string of the molecule is O=C(O)C1C2CC3CC(C2)CC1C3. The van der Waals surface area contributed by atoms with E-state index in [0.717, 1.165) is 11.8 Å². The Morgan fingerprint density at radius 3 is 1.77 bits per heavy atom. The zero-order valence-corrected chi connectivity index (χ0v) is 7.78. The van der Waals surface area contributed by atoms with Gasteiger partial charge >= 0.3 is 5.97 Å². The molecule has 0 spiro atoms. The van der Waals surface area contributed by atoms with Gasteiger partial charge in [-0.1, -0.05) is 0 Å². The van der Waals surface area contributed by atoms with E-state index in [-0.39, 0.29) is 5.92 Å². The molecule has 0 radical (unpaired) electrons. The van der Waals surface area contributed by atoms with Crippen molar-refractivity contribution in [1.82, 2.24) is 0 Å². The molecule has 4 saturated carbocycles. The summed E-state index contributed by atoms with van der Waals surface area (Å²) in [7, 11) is 0. The van der Waals surface area contributed by atoms with Crippen LogP contribution in [0.2, 0.25) is 0 Å². The second-order valence-corrected chi connectivity index (χ2v) is 5.29. The van der Waals surface area contributed by atoms with Gasteiger partial charge in [0.15, 0.2) is 0 Å². The van der Waals surface area contributed by atoms with Gasteiger partial charge in [0.05, 0.1) is 5.92 Å². The van der Waals surface area contributed by atoms with Crippen molar-refractivity contribution in [2.45, 2.75) is 32.1 Å². The fourth-order valence-corrected chi connectivity index (χ4v) is 4.33. The highest BCUT2D eigenvalue weighted by Crippen LogP contribution is 2.56. The number of hydrogen-bond donors (Lipinski definition) is 1. The summed E-state index contributed by atoms with van der Waals surface area (Å²) >= 11 is 0. The minimum atomic E-state index is -0.520. The van der Waals surface area contributed by atoms with Crippen LogP contribution in [0.15, 0.2) is 0 Å². The van der Waals surface area contributed by atoms with Crippen molar-refractivity contribution in [2.24, 2.45) is 29.6 Å². The molecule has 4 bridgehead atoms. The van der Waals surface area contributed by atoms with Crippen molar-refractivity contribution >= 4 is 5.97 Å². The van der Waals surface area contributed by atoms with Crippen LogP contribution in [0.1, 0.15) is 32.1 Å². The van der Waals surface area contributed by atoms with E-state index in [2.05, 4.69) is 0 Å². The van der Waals surface area contributed by atoms with Gasteiger partial charge in [-0.05, 0) is 55.8 Å². The highest BCUT2D eigenvalue weighted by atomic mass is 16.4. The Bertz CT molecular complexity index is 218. The summed E-state index contributed by atoms with van der Waals surface area (Å²) in [6.07, 6.45) is 6.25. The fraction of sp³-hybridized carbons (Fsp3) is 0.909. The van der Waals surface area contributed by atoms with Crippen molar-refractivity contribution in [2.75, 3.05) is 0 Å². The molecule has 0 heterocycles. The van der Waals surface area contributed by atoms with Crippen LogP contribution in [-0.2, 0) is 4.79 Å². The van der Waals surface area contributed by atoms with Gasteiger partial charge in [-0.15, -0.1) is 0 Å². The van der Waals surface area contributed by atoms with Crippen molar-refractivity contribution in [1.29, 1.82) is 0 Å². The quantitative estimate of drug-likeness (QED) is 0.671.